The maximum atomic E-state index is 14.6. The van der Waals surface area contributed by atoms with Gasteiger partial charge in [-0.2, -0.15) is 0 Å². The number of alkyl carbamates (subject to hydrolysis) is 1. The average Bonchev–Trinajstić information content (AvgIpc) is 2.87. The van der Waals surface area contributed by atoms with Crippen LogP contribution in [0.5, 0.6) is 0 Å². The highest BCUT2D eigenvalue weighted by Crippen LogP contribution is 2.32. The summed E-state index contributed by atoms with van der Waals surface area (Å²) in [6, 6.07) is 13.6. The van der Waals surface area contributed by atoms with Crippen LogP contribution in [0.3, 0.4) is 0 Å². The molecule has 0 heterocycles. The highest BCUT2D eigenvalue weighted by atomic mass is 16.6. The molecule has 0 fully saturated rings. The third-order valence-electron chi connectivity index (χ3n) is 7.15. The number of carbonyl (C=O) groups is 3. The lowest BCUT2D eigenvalue weighted by Crippen LogP contribution is -2.57. The van der Waals surface area contributed by atoms with Crippen molar-refractivity contribution in [3.05, 3.63) is 70.8 Å². The van der Waals surface area contributed by atoms with Gasteiger partial charge < -0.3 is 20.3 Å². The molecule has 0 saturated carbocycles. The van der Waals surface area contributed by atoms with Crippen LogP contribution in [0, 0.1) is 25.7 Å². The van der Waals surface area contributed by atoms with Gasteiger partial charge in [0.1, 0.15) is 17.7 Å². The monoisotopic (exact) mass is 565 g/mol. The molecular weight excluding hydrogens is 514 g/mol. The Morgan fingerprint density at radius 3 is 1.95 bits per heavy atom. The van der Waals surface area contributed by atoms with Gasteiger partial charge >= 0.3 is 6.09 Å². The van der Waals surface area contributed by atoms with Crippen LogP contribution in [-0.4, -0.2) is 40.5 Å². The standard InChI is InChI=1S/C34H51N3O4/c1-22(2)19-20-26(7)37(32(39)29(23(3)4)36-33(40)41-34(8,9)10)30(28-24(5)15-14-16-25(28)6)31(38)35-21-27-17-12-11-13-18-27/h11-18,22-23,26,29-30H,19-21H2,1-10H3,(H,35,38)(H,36,40). The van der Waals surface area contributed by atoms with Crippen LogP contribution in [0.1, 0.15) is 96.5 Å². The van der Waals surface area contributed by atoms with Gasteiger partial charge in [0.25, 0.3) is 0 Å². The zero-order valence-corrected chi connectivity index (χ0v) is 26.7. The van der Waals surface area contributed by atoms with E-state index in [-0.39, 0.29) is 23.8 Å². The van der Waals surface area contributed by atoms with E-state index in [4.69, 9.17) is 4.74 Å². The molecule has 2 aromatic carbocycles. The molecule has 0 bridgehead atoms. The summed E-state index contributed by atoms with van der Waals surface area (Å²) in [6.45, 7) is 19.7. The minimum Gasteiger partial charge on any atom is -0.444 e. The topological polar surface area (TPSA) is 87.7 Å². The van der Waals surface area contributed by atoms with Crippen LogP contribution in [-0.2, 0) is 20.9 Å². The normalized spacial score (nSPS) is 13.9. The molecule has 2 rings (SSSR count). The lowest BCUT2D eigenvalue weighted by atomic mass is 9.90. The second-order valence-corrected chi connectivity index (χ2v) is 12.8. The third kappa shape index (κ3) is 10.2. The van der Waals surface area contributed by atoms with Gasteiger partial charge in [0.2, 0.25) is 11.8 Å². The number of benzene rings is 2. The van der Waals surface area contributed by atoms with Gasteiger partial charge in [-0.05, 0) is 88.5 Å². The fraction of sp³-hybridized carbons (Fsp3) is 0.559. The molecule has 41 heavy (non-hydrogen) atoms. The lowest BCUT2D eigenvalue weighted by Gasteiger charge is -2.40. The number of hydrogen-bond acceptors (Lipinski definition) is 4. The average molecular weight is 566 g/mol. The largest absolute Gasteiger partial charge is 0.444 e. The highest BCUT2D eigenvalue weighted by Gasteiger charge is 2.40. The number of nitrogens with zero attached hydrogens (tertiary/aromatic N) is 1. The van der Waals surface area contributed by atoms with Gasteiger partial charge in [0.05, 0.1) is 0 Å². The second kappa shape index (κ2) is 15.0. The van der Waals surface area contributed by atoms with E-state index >= 15 is 0 Å². The molecule has 0 aliphatic rings. The first-order chi connectivity index (χ1) is 19.1. The van der Waals surface area contributed by atoms with Crippen LogP contribution in [0.2, 0.25) is 0 Å². The zero-order valence-electron chi connectivity index (χ0n) is 26.7. The Morgan fingerprint density at radius 1 is 0.854 bits per heavy atom. The van der Waals surface area contributed by atoms with Crippen molar-refractivity contribution in [3.8, 4) is 0 Å². The summed E-state index contributed by atoms with van der Waals surface area (Å²) in [5, 5.41) is 5.92. The summed E-state index contributed by atoms with van der Waals surface area (Å²) in [6.07, 6.45) is 0.951. The maximum absolute atomic E-state index is 14.6. The van der Waals surface area contributed by atoms with Crippen molar-refractivity contribution in [2.24, 2.45) is 11.8 Å². The van der Waals surface area contributed by atoms with E-state index in [1.54, 1.807) is 25.7 Å². The summed E-state index contributed by atoms with van der Waals surface area (Å²) in [7, 11) is 0. The maximum Gasteiger partial charge on any atom is 0.408 e. The van der Waals surface area contributed by atoms with Gasteiger partial charge in [-0.3, -0.25) is 9.59 Å². The van der Waals surface area contributed by atoms with Gasteiger partial charge in [-0.25, -0.2) is 4.79 Å². The van der Waals surface area contributed by atoms with Crippen LogP contribution in [0.4, 0.5) is 4.79 Å². The molecule has 0 saturated heterocycles. The minimum atomic E-state index is -0.878. The molecule has 0 spiro atoms. The molecule has 2 aromatic rings. The summed E-state index contributed by atoms with van der Waals surface area (Å²) < 4.78 is 5.51. The summed E-state index contributed by atoms with van der Waals surface area (Å²) in [5.41, 5.74) is 2.93. The fourth-order valence-electron chi connectivity index (χ4n) is 4.96. The first-order valence-electron chi connectivity index (χ1n) is 14.8. The first kappa shape index (κ1) is 33.9. The number of hydrogen-bond donors (Lipinski definition) is 2. The Kier molecular flexibility index (Phi) is 12.4. The second-order valence-electron chi connectivity index (χ2n) is 12.8. The quantitative estimate of drug-likeness (QED) is 0.294. The van der Waals surface area contributed by atoms with E-state index in [2.05, 4.69) is 24.5 Å². The van der Waals surface area contributed by atoms with Crippen molar-refractivity contribution in [1.29, 1.82) is 0 Å². The van der Waals surface area contributed by atoms with Crippen molar-refractivity contribution >= 4 is 17.9 Å². The van der Waals surface area contributed by atoms with Gasteiger partial charge in [0, 0.05) is 12.6 Å². The molecule has 2 N–H and O–H groups in total. The van der Waals surface area contributed by atoms with E-state index in [0.717, 1.165) is 28.7 Å². The van der Waals surface area contributed by atoms with Crippen molar-refractivity contribution in [1.82, 2.24) is 15.5 Å². The Morgan fingerprint density at radius 2 is 1.44 bits per heavy atom. The molecule has 3 unspecified atom stereocenters. The van der Waals surface area contributed by atoms with E-state index < -0.39 is 23.8 Å². The number of rotatable bonds is 12. The van der Waals surface area contributed by atoms with Gasteiger partial charge in [-0.15, -0.1) is 0 Å². The Hall–Kier alpha value is -3.35. The molecule has 3 amide bonds. The fourth-order valence-corrected chi connectivity index (χ4v) is 4.96. The summed E-state index contributed by atoms with van der Waals surface area (Å²) in [4.78, 5) is 43.3. The molecule has 0 aliphatic carbocycles. The Labute approximate surface area is 247 Å². The predicted octanol–water partition coefficient (Wildman–Crippen LogP) is 6.86. The molecule has 7 nitrogen and oxygen atoms in total. The molecule has 226 valence electrons. The van der Waals surface area contributed by atoms with Crippen molar-refractivity contribution in [2.45, 2.75) is 112 Å². The SMILES string of the molecule is Cc1cccc(C)c1C(C(=O)NCc1ccccc1)N(C(=O)C(NC(=O)OC(C)(C)C)C(C)C)C(C)CCC(C)C. The third-order valence-corrected chi connectivity index (χ3v) is 7.15. The van der Waals surface area contributed by atoms with Gasteiger partial charge in [-0.1, -0.05) is 76.2 Å². The predicted molar refractivity (Wildman–Crippen MR) is 165 cm³/mol. The van der Waals surface area contributed by atoms with Crippen molar-refractivity contribution < 1.29 is 19.1 Å². The van der Waals surface area contributed by atoms with Crippen LogP contribution in [0.15, 0.2) is 48.5 Å². The molecule has 0 aromatic heterocycles. The molecule has 3 atom stereocenters. The van der Waals surface area contributed by atoms with Crippen LogP contribution >= 0.6 is 0 Å². The molecular formula is C34H51N3O4. The molecule has 7 heteroatoms. The molecule has 0 aliphatic heterocycles. The van der Waals surface area contributed by atoms with Crippen LogP contribution in [0.25, 0.3) is 0 Å². The van der Waals surface area contributed by atoms with E-state index in [1.807, 2.05) is 83.1 Å². The van der Waals surface area contributed by atoms with Crippen molar-refractivity contribution in [2.75, 3.05) is 0 Å². The van der Waals surface area contributed by atoms with E-state index in [1.165, 1.54) is 0 Å². The molecule has 0 radical (unpaired) electrons. The first-order valence-corrected chi connectivity index (χ1v) is 14.8. The summed E-state index contributed by atoms with van der Waals surface area (Å²) in [5.74, 6) is -0.359. The number of carbonyl (C=O) groups excluding carboxylic acids is 3. The Bertz CT molecular complexity index is 1130. The van der Waals surface area contributed by atoms with Crippen molar-refractivity contribution in [3.63, 3.8) is 0 Å². The smallest absolute Gasteiger partial charge is 0.408 e. The number of amides is 3. The number of nitrogens with one attached hydrogen (secondary N) is 2. The summed E-state index contributed by atoms with van der Waals surface area (Å²) >= 11 is 0. The van der Waals surface area contributed by atoms with Crippen LogP contribution < -0.4 is 10.6 Å². The Balaban J connectivity index is 2.62. The van der Waals surface area contributed by atoms with E-state index in [9.17, 15) is 14.4 Å². The number of aryl methyl sites for hydroxylation is 2. The minimum absolute atomic E-state index is 0.235. The lowest BCUT2D eigenvalue weighted by molar-refractivity contribution is -0.146. The van der Waals surface area contributed by atoms with E-state index in [0.29, 0.717) is 18.9 Å². The van der Waals surface area contributed by atoms with Gasteiger partial charge in [0.15, 0.2) is 0 Å². The highest BCUT2D eigenvalue weighted by molar-refractivity contribution is 5.93. The zero-order chi connectivity index (χ0) is 30.9. The number of ether oxygens (including phenoxy) is 1.